The molecule has 0 bridgehead atoms. The van der Waals surface area contributed by atoms with Crippen molar-refractivity contribution in [2.75, 3.05) is 0 Å². The van der Waals surface area contributed by atoms with E-state index in [0.717, 1.165) is 5.56 Å². The van der Waals surface area contributed by atoms with Crippen LogP contribution in [-0.4, -0.2) is 16.2 Å². The minimum absolute atomic E-state index is 0.189. The summed E-state index contributed by atoms with van der Waals surface area (Å²) in [6.07, 6.45) is 0. The van der Waals surface area contributed by atoms with E-state index in [1.165, 1.54) is 0 Å². The summed E-state index contributed by atoms with van der Waals surface area (Å²) in [6.45, 7) is 2.11. The highest BCUT2D eigenvalue weighted by atomic mass is 16.5. The predicted octanol–water partition coefficient (Wildman–Crippen LogP) is 2.98. The Morgan fingerprint density at radius 1 is 1.16 bits per heavy atom. The molecule has 0 saturated carbocycles. The first-order valence-corrected chi connectivity index (χ1v) is 5.81. The van der Waals surface area contributed by atoms with Gasteiger partial charge < -0.3 is 14.9 Å². The first-order valence-electron chi connectivity index (χ1n) is 5.81. The van der Waals surface area contributed by atoms with Gasteiger partial charge in [0.15, 0.2) is 0 Å². The van der Waals surface area contributed by atoms with Gasteiger partial charge in [-0.05, 0) is 48.4 Å². The number of hydrogen-bond acceptors (Lipinski definition) is 3. The fourth-order valence-corrected chi connectivity index (χ4v) is 1.76. The van der Waals surface area contributed by atoms with E-state index in [4.69, 9.17) is 14.9 Å². The summed E-state index contributed by atoms with van der Waals surface area (Å²) in [4.78, 5) is 10.9. The number of rotatable bonds is 4. The third-order valence-corrected chi connectivity index (χ3v) is 2.76. The Bertz CT molecular complexity index is 588. The Labute approximate surface area is 110 Å². The molecule has 19 heavy (non-hydrogen) atoms. The highest BCUT2D eigenvalue weighted by Crippen LogP contribution is 2.18. The van der Waals surface area contributed by atoms with Gasteiger partial charge in [-0.2, -0.15) is 0 Å². The van der Waals surface area contributed by atoms with Crippen LogP contribution in [0.1, 0.15) is 21.5 Å². The number of hydrogen-bond donors (Lipinski definition) is 2. The van der Waals surface area contributed by atoms with Crippen LogP contribution in [0.4, 0.5) is 0 Å². The van der Waals surface area contributed by atoms with Gasteiger partial charge in [0.2, 0.25) is 0 Å². The maximum absolute atomic E-state index is 10.9. The molecule has 0 fully saturated rings. The highest BCUT2D eigenvalue weighted by molar-refractivity contribution is 5.89. The van der Waals surface area contributed by atoms with E-state index in [9.17, 15) is 4.79 Å². The van der Waals surface area contributed by atoms with Crippen molar-refractivity contribution < 1.29 is 19.7 Å². The van der Waals surface area contributed by atoms with E-state index in [1.807, 2.05) is 0 Å². The summed E-state index contributed by atoms with van der Waals surface area (Å²) in [5, 5.41) is 18.1. The fraction of sp³-hybridized carbons (Fsp3) is 0.133. The Hall–Kier alpha value is -2.49. The standard InChI is InChI=1S/C15H14O4/c1-10-8-11(2-7-14(10)15(17)18)9-19-13-5-3-12(16)4-6-13/h2-8,16H,9H2,1H3,(H,17,18). The molecule has 0 aliphatic heterocycles. The summed E-state index contributed by atoms with van der Waals surface area (Å²) in [6, 6.07) is 11.6. The molecule has 0 amide bonds. The second-order valence-electron chi connectivity index (χ2n) is 4.24. The van der Waals surface area contributed by atoms with Crippen molar-refractivity contribution in [1.82, 2.24) is 0 Å². The predicted molar refractivity (Wildman–Crippen MR) is 70.6 cm³/mol. The van der Waals surface area contributed by atoms with Crippen LogP contribution in [0.5, 0.6) is 11.5 Å². The quantitative estimate of drug-likeness (QED) is 0.884. The van der Waals surface area contributed by atoms with Crippen molar-refractivity contribution in [1.29, 1.82) is 0 Å². The fourth-order valence-electron chi connectivity index (χ4n) is 1.76. The Morgan fingerprint density at radius 2 is 1.84 bits per heavy atom. The van der Waals surface area contributed by atoms with Gasteiger partial charge in [-0.15, -0.1) is 0 Å². The topological polar surface area (TPSA) is 66.8 Å². The number of aromatic carboxylic acids is 1. The van der Waals surface area contributed by atoms with Crippen LogP contribution in [0.3, 0.4) is 0 Å². The van der Waals surface area contributed by atoms with Gasteiger partial charge in [-0.1, -0.05) is 12.1 Å². The first kappa shape index (κ1) is 13.0. The van der Waals surface area contributed by atoms with Crippen LogP contribution in [0.25, 0.3) is 0 Å². The molecule has 4 heteroatoms. The van der Waals surface area contributed by atoms with Crippen LogP contribution in [0.15, 0.2) is 42.5 Å². The number of carboxylic acid groups (broad SMARTS) is 1. The lowest BCUT2D eigenvalue weighted by Crippen LogP contribution is -2.02. The summed E-state index contributed by atoms with van der Waals surface area (Å²) < 4.78 is 5.54. The van der Waals surface area contributed by atoms with Crippen molar-refractivity contribution in [2.45, 2.75) is 13.5 Å². The largest absolute Gasteiger partial charge is 0.508 e. The molecule has 0 atom stereocenters. The van der Waals surface area contributed by atoms with Gasteiger partial charge in [0, 0.05) is 0 Å². The zero-order valence-electron chi connectivity index (χ0n) is 10.5. The van der Waals surface area contributed by atoms with Gasteiger partial charge in [0.1, 0.15) is 18.1 Å². The monoisotopic (exact) mass is 258 g/mol. The van der Waals surface area contributed by atoms with Crippen LogP contribution in [0.2, 0.25) is 0 Å². The van der Waals surface area contributed by atoms with Gasteiger partial charge in [-0.3, -0.25) is 0 Å². The zero-order valence-corrected chi connectivity index (χ0v) is 10.5. The minimum Gasteiger partial charge on any atom is -0.508 e. The molecule has 0 heterocycles. The second-order valence-corrected chi connectivity index (χ2v) is 4.24. The third kappa shape index (κ3) is 3.25. The third-order valence-electron chi connectivity index (χ3n) is 2.76. The maximum atomic E-state index is 10.9. The Morgan fingerprint density at radius 3 is 2.42 bits per heavy atom. The van der Waals surface area contributed by atoms with E-state index >= 15 is 0 Å². The molecule has 0 aromatic heterocycles. The minimum atomic E-state index is -0.927. The number of benzene rings is 2. The lowest BCUT2D eigenvalue weighted by atomic mass is 10.1. The number of ether oxygens (including phenoxy) is 1. The molecular formula is C15H14O4. The Balaban J connectivity index is 2.06. The Kier molecular flexibility index (Phi) is 3.71. The molecule has 0 unspecified atom stereocenters. The van der Waals surface area contributed by atoms with Gasteiger partial charge in [0.05, 0.1) is 5.56 Å². The number of carbonyl (C=O) groups is 1. The molecular weight excluding hydrogens is 244 g/mol. The lowest BCUT2D eigenvalue weighted by Gasteiger charge is -2.08. The molecule has 2 N–H and O–H groups in total. The highest BCUT2D eigenvalue weighted by Gasteiger charge is 2.07. The SMILES string of the molecule is Cc1cc(COc2ccc(O)cc2)ccc1C(=O)O. The van der Waals surface area contributed by atoms with E-state index in [1.54, 1.807) is 49.4 Å². The van der Waals surface area contributed by atoms with Crippen molar-refractivity contribution >= 4 is 5.97 Å². The van der Waals surface area contributed by atoms with Crippen LogP contribution in [-0.2, 0) is 6.61 Å². The van der Waals surface area contributed by atoms with Gasteiger partial charge in [0.25, 0.3) is 0 Å². The molecule has 2 aromatic rings. The van der Waals surface area contributed by atoms with Gasteiger partial charge in [-0.25, -0.2) is 4.79 Å². The van der Waals surface area contributed by atoms with E-state index in [2.05, 4.69) is 0 Å². The number of aromatic hydroxyl groups is 1. The lowest BCUT2D eigenvalue weighted by molar-refractivity contribution is 0.0696. The molecule has 0 radical (unpaired) electrons. The maximum Gasteiger partial charge on any atom is 0.335 e. The molecule has 0 saturated heterocycles. The molecule has 2 rings (SSSR count). The average Bonchev–Trinajstić information content (AvgIpc) is 2.37. The first-order chi connectivity index (χ1) is 9.06. The summed E-state index contributed by atoms with van der Waals surface area (Å²) in [5.74, 6) is -0.0877. The van der Waals surface area contributed by atoms with E-state index in [-0.39, 0.29) is 5.75 Å². The molecule has 0 spiro atoms. The zero-order chi connectivity index (χ0) is 13.8. The average molecular weight is 258 g/mol. The summed E-state index contributed by atoms with van der Waals surface area (Å²) in [5.41, 5.74) is 1.91. The van der Waals surface area contributed by atoms with E-state index < -0.39 is 5.97 Å². The normalized spacial score (nSPS) is 10.2. The van der Waals surface area contributed by atoms with Crippen molar-refractivity contribution in [3.8, 4) is 11.5 Å². The van der Waals surface area contributed by atoms with Gasteiger partial charge >= 0.3 is 5.97 Å². The summed E-state index contributed by atoms with van der Waals surface area (Å²) in [7, 11) is 0. The number of carboxylic acids is 1. The van der Waals surface area contributed by atoms with E-state index in [0.29, 0.717) is 23.5 Å². The molecule has 0 aliphatic rings. The van der Waals surface area contributed by atoms with Crippen molar-refractivity contribution in [3.63, 3.8) is 0 Å². The van der Waals surface area contributed by atoms with Crippen molar-refractivity contribution in [2.24, 2.45) is 0 Å². The van der Waals surface area contributed by atoms with Crippen LogP contribution < -0.4 is 4.74 Å². The van der Waals surface area contributed by atoms with Crippen LogP contribution in [0, 0.1) is 6.92 Å². The molecule has 98 valence electrons. The van der Waals surface area contributed by atoms with Crippen LogP contribution >= 0.6 is 0 Å². The molecule has 4 nitrogen and oxygen atoms in total. The smallest absolute Gasteiger partial charge is 0.335 e. The summed E-state index contributed by atoms with van der Waals surface area (Å²) >= 11 is 0. The number of phenolic OH excluding ortho intramolecular Hbond substituents is 1. The molecule has 0 aliphatic carbocycles. The number of aryl methyl sites for hydroxylation is 1. The second kappa shape index (κ2) is 5.44. The molecule has 2 aromatic carbocycles. The number of phenols is 1. The van der Waals surface area contributed by atoms with Crippen molar-refractivity contribution in [3.05, 3.63) is 59.2 Å².